The number of fused-ring (bicyclic) bond motifs is 3. The first-order valence-electron chi connectivity index (χ1n) is 16.0. The van der Waals surface area contributed by atoms with Gasteiger partial charge in [-0.05, 0) is 13.0 Å². The molecule has 0 aromatic heterocycles. The minimum absolute atomic E-state index is 0.00867. The molecule has 52 heavy (non-hydrogen) atoms. The van der Waals surface area contributed by atoms with Crippen molar-refractivity contribution in [1.29, 1.82) is 0 Å². The van der Waals surface area contributed by atoms with Crippen molar-refractivity contribution < 1.29 is 82.0 Å². The topological polar surface area (TPSA) is 245 Å². The van der Waals surface area contributed by atoms with Crippen molar-refractivity contribution in [2.45, 2.75) is 89.9 Å². The molecule has 2 aliphatic carbocycles. The molecule has 0 amide bonds. The molecule has 0 spiro atoms. The summed E-state index contributed by atoms with van der Waals surface area (Å²) in [4.78, 5) is 89.3. The second kappa shape index (κ2) is 14.3. The predicted octanol–water partition coefficient (Wildman–Crippen LogP) is 1.29. The molecule has 3 aliphatic rings. The molecule has 0 bridgehead atoms. The number of phenols is 2. The van der Waals surface area contributed by atoms with Crippen molar-refractivity contribution >= 4 is 41.2 Å². The Kier molecular flexibility index (Phi) is 10.4. The van der Waals surface area contributed by atoms with Gasteiger partial charge in [-0.15, -0.1) is 0 Å². The molecule has 2 aromatic rings. The molecule has 0 unspecified atom stereocenters. The molecule has 5 rings (SSSR count). The summed E-state index contributed by atoms with van der Waals surface area (Å²) in [5, 5.41) is 35.0. The first kappa shape index (κ1) is 37.9. The molecule has 17 heteroatoms. The van der Waals surface area contributed by atoms with E-state index in [4.69, 9.17) is 33.2 Å². The standard InChI is InChI=1S/C35H36O17/c1-13(36)35(45)10-19-24(30(44)26-25(28(19)42)27(41)18-8-7-9-20(46-6)23(18)29(26)43)21(11-35)51-34-33(50-17(5)40)32(49-16(4)39)31(48-15(3)38)22(52-34)12-47-14(2)37/h7-9,21-22,31-34,42,44-45H,10-12H2,1-6H3/t21-,22-,31+,32+,33+,34-,35-/m0/s1. The second-order valence-electron chi connectivity index (χ2n) is 12.5. The lowest BCUT2D eigenvalue weighted by Crippen LogP contribution is -2.63. The van der Waals surface area contributed by atoms with E-state index >= 15 is 0 Å². The second-order valence-corrected chi connectivity index (χ2v) is 12.5. The molecule has 0 saturated carbocycles. The molecule has 1 fully saturated rings. The normalized spacial score (nSPS) is 26.2. The molecular formula is C35H36O17. The average molecular weight is 729 g/mol. The van der Waals surface area contributed by atoms with E-state index < -0.39 is 126 Å². The number of hydrogen-bond acceptors (Lipinski definition) is 17. The molecule has 2 aromatic carbocycles. The Hall–Kier alpha value is -5.39. The SMILES string of the molecule is COc1cccc2c1C(=O)c1c(O)c3c(c(O)c1C2=O)C[C@@](O)(C(C)=O)C[C@@H]3O[C@H]1O[C@@H](COC(C)=O)[C@@H](OC(C)=O)[C@@H](OC(C)=O)[C@H]1OC(C)=O. The van der Waals surface area contributed by atoms with Crippen LogP contribution < -0.4 is 4.74 Å². The van der Waals surface area contributed by atoms with Gasteiger partial charge < -0.3 is 48.5 Å². The highest BCUT2D eigenvalue weighted by Gasteiger charge is 2.55. The maximum absolute atomic E-state index is 14.0. The van der Waals surface area contributed by atoms with Crippen LogP contribution in [0.5, 0.6) is 17.2 Å². The number of methoxy groups -OCH3 is 1. The van der Waals surface area contributed by atoms with E-state index in [0.29, 0.717) is 0 Å². The Balaban J connectivity index is 1.69. The van der Waals surface area contributed by atoms with E-state index in [0.717, 1.165) is 34.6 Å². The van der Waals surface area contributed by atoms with E-state index in [2.05, 4.69) is 0 Å². The van der Waals surface area contributed by atoms with Crippen molar-refractivity contribution in [1.82, 2.24) is 0 Å². The predicted molar refractivity (Wildman–Crippen MR) is 169 cm³/mol. The summed E-state index contributed by atoms with van der Waals surface area (Å²) < 4.78 is 38.9. The molecular weight excluding hydrogens is 692 g/mol. The number of phenolic OH excluding ortho intramolecular Hbond substituents is 2. The van der Waals surface area contributed by atoms with Crippen LogP contribution in [0.3, 0.4) is 0 Å². The lowest BCUT2D eigenvalue weighted by molar-refractivity contribution is -0.320. The molecule has 278 valence electrons. The van der Waals surface area contributed by atoms with Gasteiger partial charge in [-0.1, -0.05) is 12.1 Å². The highest BCUT2D eigenvalue weighted by Crippen LogP contribution is 2.52. The summed E-state index contributed by atoms with van der Waals surface area (Å²) in [5.41, 5.74) is -4.45. The summed E-state index contributed by atoms with van der Waals surface area (Å²) in [7, 11) is 1.27. The third-order valence-electron chi connectivity index (χ3n) is 8.98. The summed E-state index contributed by atoms with van der Waals surface area (Å²) in [6, 6.07) is 4.21. The quantitative estimate of drug-likeness (QED) is 0.160. The molecule has 1 heterocycles. The van der Waals surface area contributed by atoms with Crippen LogP contribution in [-0.2, 0) is 58.8 Å². The van der Waals surface area contributed by atoms with Gasteiger partial charge in [-0.2, -0.15) is 0 Å². The third kappa shape index (κ3) is 6.81. The fourth-order valence-electron chi connectivity index (χ4n) is 6.76. The van der Waals surface area contributed by atoms with Crippen molar-refractivity contribution in [3.63, 3.8) is 0 Å². The van der Waals surface area contributed by atoms with Crippen molar-refractivity contribution in [2.24, 2.45) is 0 Å². The van der Waals surface area contributed by atoms with Crippen LogP contribution in [0.2, 0.25) is 0 Å². The number of aliphatic hydroxyl groups is 1. The molecule has 1 aliphatic heterocycles. The first-order chi connectivity index (χ1) is 24.4. The van der Waals surface area contributed by atoms with E-state index in [1.54, 1.807) is 0 Å². The lowest BCUT2D eigenvalue weighted by atomic mass is 9.72. The number of hydrogen-bond donors (Lipinski definition) is 3. The summed E-state index contributed by atoms with van der Waals surface area (Å²) >= 11 is 0. The number of benzene rings is 2. The Morgan fingerprint density at radius 2 is 1.40 bits per heavy atom. The number of ketones is 3. The van der Waals surface area contributed by atoms with Gasteiger partial charge in [0.2, 0.25) is 5.78 Å². The largest absolute Gasteiger partial charge is 0.507 e. The van der Waals surface area contributed by atoms with E-state index in [9.17, 15) is 48.9 Å². The average Bonchev–Trinajstić information content (AvgIpc) is 3.05. The number of esters is 4. The Labute approximate surface area is 295 Å². The third-order valence-corrected chi connectivity index (χ3v) is 8.98. The van der Waals surface area contributed by atoms with E-state index in [-0.39, 0.29) is 28.0 Å². The van der Waals surface area contributed by atoms with Gasteiger partial charge in [-0.3, -0.25) is 33.6 Å². The highest BCUT2D eigenvalue weighted by molar-refractivity contribution is 6.31. The Bertz CT molecular complexity index is 1880. The number of ether oxygens (including phenoxy) is 7. The Morgan fingerprint density at radius 1 is 0.808 bits per heavy atom. The van der Waals surface area contributed by atoms with Crippen LogP contribution in [0.25, 0.3) is 0 Å². The number of carbonyl (C=O) groups excluding carboxylic acids is 7. The summed E-state index contributed by atoms with van der Waals surface area (Å²) in [6.07, 6.45) is -11.2. The number of Topliss-reactive ketones (excluding diaryl/α,β-unsaturated/α-hetero) is 1. The fraction of sp³-hybridized carbons (Fsp3) is 0.457. The molecule has 1 saturated heterocycles. The van der Waals surface area contributed by atoms with Gasteiger partial charge in [0.1, 0.15) is 35.6 Å². The van der Waals surface area contributed by atoms with Crippen molar-refractivity contribution in [2.75, 3.05) is 13.7 Å². The van der Waals surface area contributed by atoms with Gasteiger partial charge >= 0.3 is 23.9 Å². The number of carbonyl (C=O) groups is 7. The van der Waals surface area contributed by atoms with Gasteiger partial charge in [-0.25, -0.2) is 0 Å². The van der Waals surface area contributed by atoms with Gasteiger partial charge in [0, 0.05) is 57.2 Å². The highest BCUT2D eigenvalue weighted by atomic mass is 16.7. The number of rotatable bonds is 9. The zero-order chi connectivity index (χ0) is 38.4. The zero-order valence-electron chi connectivity index (χ0n) is 28.9. The van der Waals surface area contributed by atoms with Gasteiger partial charge in [0.05, 0.1) is 29.9 Å². The van der Waals surface area contributed by atoms with Crippen molar-refractivity contribution in [3.8, 4) is 17.2 Å². The van der Waals surface area contributed by atoms with Crippen LogP contribution in [0.15, 0.2) is 18.2 Å². The van der Waals surface area contributed by atoms with E-state index in [1.807, 2.05) is 0 Å². The molecule has 3 N–H and O–H groups in total. The summed E-state index contributed by atoms with van der Waals surface area (Å²) in [6.45, 7) is 4.59. The van der Waals surface area contributed by atoms with Crippen LogP contribution in [-0.4, -0.2) is 107 Å². The van der Waals surface area contributed by atoms with Crippen molar-refractivity contribution in [3.05, 3.63) is 51.6 Å². The lowest BCUT2D eigenvalue weighted by Gasteiger charge is -2.46. The number of aromatic hydroxyl groups is 2. The minimum atomic E-state index is -2.29. The monoisotopic (exact) mass is 728 g/mol. The zero-order valence-corrected chi connectivity index (χ0v) is 28.9. The fourth-order valence-corrected chi connectivity index (χ4v) is 6.76. The maximum atomic E-state index is 14.0. The first-order valence-corrected chi connectivity index (χ1v) is 16.0. The summed E-state index contributed by atoms with van der Waals surface area (Å²) in [5.74, 6) is -7.72. The maximum Gasteiger partial charge on any atom is 0.303 e. The molecule has 17 nitrogen and oxygen atoms in total. The molecule has 7 atom stereocenters. The smallest absolute Gasteiger partial charge is 0.303 e. The van der Waals surface area contributed by atoms with Gasteiger partial charge in [0.25, 0.3) is 0 Å². The molecule has 0 radical (unpaired) electrons. The Morgan fingerprint density at radius 3 is 1.98 bits per heavy atom. The van der Waals surface area contributed by atoms with Gasteiger partial charge in [0.15, 0.2) is 36.2 Å². The van der Waals surface area contributed by atoms with Crippen LogP contribution in [0.1, 0.15) is 90.1 Å². The minimum Gasteiger partial charge on any atom is -0.507 e. The van der Waals surface area contributed by atoms with E-state index in [1.165, 1.54) is 25.3 Å². The van der Waals surface area contributed by atoms with Crippen LogP contribution in [0, 0.1) is 0 Å². The van der Waals surface area contributed by atoms with Crippen LogP contribution >= 0.6 is 0 Å². The van der Waals surface area contributed by atoms with Crippen LogP contribution in [0.4, 0.5) is 0 Å².